The van der Waals surface area contributed by atoms with Crippen LogP contribution in [0, 0.1) is 5.92 Å². The first-order chi connectivity index (χ1) is 12.4. The lowest BCUT2D eigenvalue weighted by atomic mass is 10.1. The van der Waals surface area contributed by atoms with Crippen LogP contribution in [0.2, 0.25) is 0 Å². The summed E-state index contributed by atoms with van der Waals surface area (Å²) in [7, 11) is 1.60. The van der Waals surface area contributed by atoms with Crippen LogP contribution >= 0.6 is 0 Å². The molecule has 4 N–H and O–H groups in total. The third-order valence-corrected chi connectivity index (χ3v) is 4.17. The maximum absolute atomic E-state index is 12.2. The van der Waals surface area contributed by atoms with Gasteiger partial charge in [-0.2, -0.15) is 0 Å². The fourth-order valence-corrected chi connectivity index (χ4v) is 2.83. The van der Waals surface area contributed by atoms with E-state index in [1.54, 1.807) is 7.11 Å². The number of benzene rings is 1. The number of nitrogens with one attached hydrogen (secondary N) is 2. The fourth-order valence-electron chi connectivity index (χ4n) is 2.83. The normalized spacial score (nSPS) is 17.7. The average molecular weight is 364 g/mol. The smallest absolute Gasteiger partial charge is 0.237 e. The Bertz CT molecular complexity index is 636. The van der Waals surface area contributed by atoms with Gasteiger partial charge in [0.25, 0.3) is 0 Å². The van der Waals surface area contributed by atoms with Crippen LogP contribution in [0.5, 0.6) is 11.5 Å². The van der Waals surface area contributed by atoms with Crippen molar-refractivity contribution in [1.82, 2.24) is 15.6 Å². The Balaban J connectivity index is 2.12. The maximum Gasteiger partial charge on any atom is 0.237 e. The van der Waals surface area contributed by atoms with Gasteiger partial charge in [-0.1, -0.05) is 19.9 Å². The van der Waals surface area contributed by atoms with Gasteiger partial charge in [0.05, 0.1) is 26.2 Å². The molecule has 0 saturated carbocycles. The number of hydrogen-bond donors (Lipinski definition) is 3. The summed E-state index contributed by atoms with van der Waals surface area (Å²) >= 11 is 0. The van der Waals surface area contributed by atoms with Crippen molar-refractivity contribution in [2.75, 3.05) is 26.8 Å². The first-order valence-corrected chi connectivity index (χ1v) is 8.75. The second-order valence-electron chi connectivity index (χ2n) is 6.74. The second kappa shape index (κ2) is 9.40. The van der Waals surface area contributed by atoms with E-state index in [0.717, 1.165) is 5.56 Å². The van der Waals surface area contributed by atoms with Crippen molar-refractivity contribution < 1.29 is 19.1 Å². The Labute approximate surface area is 154 Å². The molecule has 1 aliphatic heterocycles. The molecule has 1 atom stereocenters. The molecule has 0 aromatic heterocycles. The SMILES string of the molecule is COc1cc(CN2CCNC(=O)C2CC(=O)NN)ccc1OCC(C)C. The van der Waals surface area contributed by atoms with Gasteiger partial charge in [-0.25, -0.2) is 5.84 Å². The number of amides is 2. The summed E-state index contributed by atoms with van der Waals surface area (Å²) in [6.45, 7) is 6.50. The maximum atomic E-state index is 12.2. The van der Waals surface area contributed by atoms with Crippen LogP contribution in [0.3, 0.4) is 0 Å². The molecule has 2 amide bonds. The molecule has 8 nitrogen and oxygen atoms in total. The predicted octanol–water partition coefficient (Wildman–Crippen LogP) is 0.410. The molecule has 1 heterocycles. The van der Waals surface area contributed by atoms with Gasteiger partial charge in [-0.05, 0) is 23.6 Å². The van der Waals surface area contributed by atoms with Gasteiger partial charge in [0, 0.05) is 19.6 Å². The van der Waals surface area contributed by atoms with Gasteiger partial charge >= 0.3 is 0 Å². The second-order valence-corrected chi connectivity index (χ2v) is 6.74. The fraction of sp³-hybridized carbons (Fsp3) is 0.556. The summed E-state index contributed by atoms with van der Waals surface area (Å²) in [5, 5.41) is 2.79. The topological polar surface area (TPSA) is 106 Å². The highest BCUT2D eigenvalue weighted by Gasteiger charge is 2.31. The monoisotopic (exact) mass is 364 g/mol. The number of carbonyl (C=O) groups is 2. The molecule has 1 aromatic carbocycles. The number of rotatable bonds is 8. The molecule has 0 radical (unpaired) electrons. The molecule has 0 bridgehead atoms. The van der Waals surface area contributed by atoms with Gasteiger partial charge in [0.1, 0.15) is 0 Å². The summed E-state index contributed by atoms with van der Waals surface area (Å²) in [4.78, 5) is 25.7. The molecule has 1 fully saturated rings. The molecule has 1 saturated heterocycles. The highest BCUT2D eigenvalue weighted by Crippen LogP contribution is 2.29. The van der Waals surface area contributed by atoms with Crippen molar-refractivity contribution in [3.63, 3.8) is 0 Å². The van der Waals surface area contributed by atoms with Crippen LogP contribution in [0.25, 0.3) is 0 Å². The minimum absolute atomic E-state index is 0.0229. The summed E-state index contributed by atoms with van der Waals surface area (Å²) in [6.07, 6.45) is 0.0229. The number of hydrazine groups is 1. The van der Waals surface area contributed by atoms with E-state index < -0.39 is 6.04 Å². The number of piperazine rings is 1. The van der Waals surface area contributed by atoms with Gasteiger partial charge in [0.2, 0.25) is 11.8 Å². The zero-order valence-electron chi connectivity index (χ0n) is 15.6. The molecule has 8 heteroatoms. The van der Waals surface area contributed by atoms with Crippen molar-refractivity contribution >= 4 is 11.8 Å². The van der Waals surface area contributed by atoms with Crippen LogP contribution in [-0.2, 0) is 16.1 Å². The lowest BCUT2D eigenvalue weighted by Gasteiger charge is -2.34. The molecule has 0 spiro atoms. The van der Waals surface area contributed by atoms with Crippen LogP contribution in [0.15, 0.2) is 18.2 Å². The molecule has 1 unspecified atom stereocenters. The number of methoxy groups -OCH3 is 1. The molecule has 26 heavy (non-hydrogen) atoms. The number of carbonyl (C=O) groups excluding carboxylic acids is 2. The third-order valence-electron chi connectivity index (χ3n) is 4.17. The van der Waals surface area contributed by atoms with Gasteiger partial charge in [-0.15, -0.1) is 0 Å². The Morgan fingerprint density at radius 3 is 2.85 bits per heavy atom. The summed E-state index contributed by atoms with van der Waals surface area (Å²) < 4.78 is 11.2. The van der Waals surface area contributed by atoms with Gasteiger partial charge < -0.3 is 14.8 Å². The third kappa shape index (κ3) is 5.34. The zero-order chi connectivity index (χ0) is 19.1. The van der Waals surface area contributed by atoms with Crippen LogP contribution in [0.1, 0.15) is 25.8 Å². The average Bonchev–Trinajstić information content (AvgIpc) is 2.63. The first kappa shape index (κ1) is 20.0. The van der Waals surface area contributed by atoms with Crippen LogP contribution < -0.4 is 26.1 Å². The van der Waals surface area contributed by atoms with E-state index in [1.165, 1.54) is 0 Å². The Kier molecular flexibility index (Phi) is 7.23. The minimum atomic E-state index is -0.546. The van der Waals surface area contributed by atoms with E-state index in [0.29, 0.717) is 43.7 Å². The summed E-state index contributed by atoms with van der Waals surface area (Å²) in [5.41, 5.74) is 3.06. The van der Waals surface area contributed by atoms with E-state index in [4.69, 9.17) is 15.3 Å². The van der Waals surface area contributed by atoms with E-state index in [9.17, 15) is 9.59 Å². The van der Waals surface area contributed by atoms with E-state index in [-0.39, 0.29) is 18.2 Å². The van der Waals surface area contributed by atoms with Crippen molar-refractivity contribution in [3.8, 4) is 11.5 Å². The Morgan fingerprint density at radius 2 is 2.19 bits per heavy atom. The van der Waals surface area contributed by atoms with Crippen molar-refractivity contribution in [1.29, 1.82) is 0 Å². The van der Waals surface area contributed by atoms with Gasteiger partial charge in [-0.3, -0.25) is 19.9 Å². The molecule has 2 rings (SSSR count). The molecular weight excluding hydrogens is 336 g/mol. The molecule has 0 aliphatic carbocycles. The lowest BCUT2D eigenvalue weighted by molar-refractivity contribution is -0.134. The number of hydrogen-bond acceptors (Lipinski definition) is 6. The van der Waals surface area contributed by atoms with E-state index >= 15 is 0 Å². The van der Waals surface area contributed by atoms with Crippen LogP contribution in [-0.4, -0.2) is 49.6 Å². The minimum Gasteiger partial charge on any atom is -0.493 e. The first-order valence-electron chi connectivity index (χ1n) is 8.75. The highest BCUT2D eigenvalue weighted by atomic mass is 16.5. The molecule has 144 valence electrons. The predicted molar refractivity (Wildman–Crippen MR) is 97.5 cm³/mol. The Morgan fingerprint density at radius 1 is 1.42 bits per heavy atom. The molecule has 1 aliphatic rings. The van der Waals surface area contributed by atoms with Gasteiger partial charge in [0.15, 0.2) is 11.5 Å². The van der Waals surface area contributed by atoms with E-state index in [1.807, 2.05) is 23.1 Å². The van der Waals surface area contributed by atoms with Crippen molar-refractivity contribution in [2.45, 2.75) is 32.9 Å². The van der Waals surface area contributed by atoms with Crippen molar-refractivity contribution in [3.05, 3.63) is 23.8 Å². The summed E-state index contributed by atoms with van der Waals surface area (Å²) in [5.74, 6) is 6.39. The van der Waals surface area contributed by atoms with Crippen molar-refractivity contribution in [2.24, 2.45) is 11.8 Å². The lowest BCUT2D eigenvalue weighted by Crippen LogP contribution is -2.56. The van der Waals surface area contributed by atoms with E-state index in [2.05, 4.69) is 24.6 Å². The molecule has 1 aromatic rings. The number of ether oxygens (including phenoxy) is 2. The Hall–Kier alpha value is -2.32. The standard InChI is InChI=1S/C18H28N4O4/c1-12(2)11-26-15-5-4-13(8-16(15)25-3)10-22-7-6-20-18(24)14(22)9-17(23)21-19/h4-5,8,12,14H,6-7,9-11,19H2,1-3H3,(H,20,24)(H,21,23). The zero-order valence-corrected chi connectivity index (χ0v) is 15.6. The quantitative estimate of drug-likeness (QED) is 0.350. The highest BCUT2D eigenvalue weighted by molar-refractivity contribution is 5.88. The number of nitrogens with two attached hydrogens (primary N) is 1. The summed E-state index contributed by atoms with van der Waals surface area (Å²) in [6, 6.07) is 5.19. The molecular formula is C18H28N4O4. The number of nitrogens with zero attached hydrogens (tertiary/aromatic N) is 1. The largest absolute Gasteiger partial charge is 0.493 e. The van der Waals surface area contributed by atoms with Crippen LogP contribution in [0.4, 0.5) is 0 Å².